The fourth-order valence-corrected chi connectivity index (χ4v) is 1.99. The summed E-state index contributed by atoms with van der Waals surface area (Å²) in [4.78, 5) is 11.8. The van der Waals surface area contributed by atoms with Crippen molar-refractivity contribution in [3.63, 3.8) is 0 Å². The summed E-state index contributed by atoms with van der Waals surface area (Å²) in [6.07, 6.45) is 0.352. The van der Waals surface area contributed by atoms with Crippen molar-refractivity contribution in [3.05, 3.63) is 59.4 Å². The van der Waals surface area contributed by atoms with Gasteiger partial charge < -0.3 is 10.6 Å². The van der Waals surface area contributed by atoms with E-state index >= 15 is 0 Å². The lowest BCUT2D eigenvalue weighted by Gasteiger charge is -2.10. The minimum atomic E-state index is -0.315. The van der Waals surface area contributed by atoms with E-state index in [9.17, 15) is 9.18 Å². The maximum Gasteiger partial charge on any atom is 0.226 e. The smallest absolute Gasteiger partial charge is 0.226 e. The van der Waals surface area contributed by atoms with E-state index in [2.05, 4.69) is 28.8 Å². The molecule has 1 amide bonds. The fourth-order valence-electron chi connectivity index (χ4n) is 1.99. The molecule has 110 valence electrons. The molecule has 2 aromatic carbocycles. The lowest BCUT2D eigenvalue weighted by molar-refractivity contribution is -0.115. The lowest BCUT2D eigenvalue weighted by Crippen LogP contribution is -2.16. The maximum absolute atomic E-state index is 12.8. The Balaban J connectivity index is 1.81. The van der Waals surface area contributed by atoms with E-state index in [0.29, 0.717) is 18.7 Å². The molecule has 21 heavy (non-hydrogen) atoms. The normalized spacial score (nSPS) is 10.2. The van der Waals surface area contributed by atoms with Gasteiger partial charge in [-0.05, 0) is 55.3 Å². The van der Waals surface area contributed by atoms with E-state index in [4.69, 9.17) is 0 Å². The van der Waals surface area contributed by atoms with Gasteiger partial charge in [0.1, 0.15) is 5.82 Å². The predicted octanol–water partition coefficient (Wildman–Crippen LogP) is 3.88. The van der Waals surface area contributed by atoms with E-state index in [-0.39, 0.29) is 11.7 Å². The Morgan fingerprint density at radius 1 is 1.10 bits per heavy atom. The zero-order valence-electron chi connectivity index (χ0n) is 12.2. The number of carbonyl (C=O) groups is 1. The van der Waals surface area contributed by atoms with Crippen LogP contribution in [0.2, 0.25) is 0 Å². The standard InChI is InChI=1S/C17H19FN2O/c1-12-3-4-13(2)16(11-12)19-10-9-17(21)20-15-7-5-14(18)6-8-15/h3-8,11,19H,9-10H2,1-2H3,(H,20,21). The lowest BCUT2D eigenvalue weighted by atomic mass is 10.1. The molecule has 0 saturated carbocycles. The zero-order valence-corrected chi connectivity index (χ0v) is 12.2. The van der Waals surface area contributed by atoms with Gasteiger partial charge in [0, 0.05) is 24.3 Å². The summed E-state index contributed by atoms with van der Waals surface area (Å²) in [6, 6.07) is 11.9. The number of hydrogen-bond donors (Lipinski definition) is 2. The van der Waals surface area contributed by atoms with Gasteiger partial charge in [-0.1, -0.05) is 12.1 Å². The van der Waals surface area contributed by atoms with Crippen LogP contribution in [0.3, 0.4) is 0 Å². The number of benzene rings is 2. The molecule has 2 rings (SSSR count). The zero-order chi connectivity index (χ0) is 15.2. The van der Waals surface area contributed by atoms with E-state index in [1.165, 1.54) is 17.7 Å². The van der Waals surface area contributed by atoms with Gasteiger partial charge in [-0.15, -0.1) is 0 Å². The molecule has 0 aliphatic carbocycles. The molecule has 0 bridgehead atoms. The highest BCUT2D eigenvalue weighted by atomic mass is 19.1. The van der Waals surface area contributed by atoms with Crippen molar-refractivity contribution < 1.29 is 9.18 Å². The van der Waals surface area contributed by atoms with Crippen LogP contribution in [0.4, 0.5) is 15.8 Å². The number of halogens is 1. The molecule has 2 aromatic rings. The molecule has 0 aliphatic heterocycles. The Morgan fingerprint density at radius 3 is 2.52 bits per heavy atom. The maximum atomic E-state index is 12.8. The van der Waals surface area contributed by atoms with Crippen LogP contribution in [-0.4, -0.2) is 12.5 Å². The topological polar surface area (TPSA) is 41.1 Å². The van der Waals surface area contributed by atoms with Crippen molar-refractivity contribution in [2.75, 3.05) is 17.2 Å². The first kappa shape index (κ1) is 15.0. The Bertz CT molecular complexity index is 623. The SMILES string of the molecule is Cc1ccc(C)c(NCCC(=O)Nc2ccc(F)cc2)c1. The summed E-state index contributed by atoms with van der Waals surface area (Å²) in [5.41, 5.74) is 3.98. The summed E-state index contributed by atoms with van der Waals surface area (Å²) < 4.78 is 12.8. The molecule has 0 saturated heterocycles. The van der Waals surface area contributed by atoms with E-state index < -0.39 is 0 Å². The molecule has 2 N–H and O–H groups in total. The van der Waals surface area contributed by atoms with E-state index in [0.717, 1.165) is 11.3 Å². The van der Waals surface area contributed by atoms with Crippen molar-refractivity contribution in [1.29, 1.82) is 0 Å². The molecular weight excluding hydrogens is 267 g/mol. The molecule has 0 spiro atoms. The van der Waals surface area contributed by atoms with Gasteiger partial charge in [-0.25, -0.2) is 4.39 Å². The second kappa shape index (κ2) is 6.88. The molecular formula is C17H19FN2O. The van der Waals surface area contributed by atoms with Gasteiger partial charge in [-0.3, -0.25) is 4.79 Å². The number of hydrogen-bond acceptors (Lipinski definition) is 2. The molecule has 0 unspecified atom stereocenters. The first-order valence-electron chi connectivity index (χ1n) is 6.91. The average molecular weight is 286 g/mol. The van der Waals surface area contributed by atoms with Gasteiger partial charge in [-0.2, -0.15) is 0 Å². The Hall–Kier alpha value is -2.36. The second-order valence-corrected chi connectivity index (χ2v) is 5.05. The van der Waals surface area contributed by atoms with Crippen molar-refractivity contribution in [3.8, 4) is 0 Å². The van der Waals surface area contributed by atoms with Crippen LogP contribution in [-0.2, 0) is 4.79 Å². The van der Waals surface area contributed by atoms with Crippen molar-refractivity contribution >= 4 is 17.3 Å². The van der Waals surface area contributed by atoms with Gasteiger partial charge in [0.2, 0.25) is 5.91 Å². The fraction of sp³-hybridized carbons (Fsp3) is 0.235. The molecule has 0 radical (unpaired) electrons. The molecule has 0 heterocycles. The second-order valence-electron chi connectivity index (χ2n) is 5.05. The van der Waals surface area contributed by atoms with Crippen LogP contribution in [0.15, 0.2) is 42.5 Å². The number of carbonyl (C=O) groups excluding carboxylic acids is 1. The van der Waals surface area contributed by atoms with Crippen LogP contribution >= 0.6 is 0 Å². The van der Waals surface area contributed by atoms with Crippen LogP contribution in [0.1, 0.15) is 17.5 Å². The van der Waals surface area contributed by atoms with Gasteiger partial charge in [0.15, 0.2) is 0 Å². The first-order chi connectivity index (χ1) is 10.0. The minimum Gasteiger partial charge on any atom is -0.384 e. The highest BCUT2D eigenvalue weighted by molar-refractivity contribution is 5.90. The van der Waals surface area contributed by atoms with Gasteiger partial charge in [0.05, 0.1) is 0 Å². The van der Waals surface area contributed by atoms with E-state index in [1.54, 1.807) is 12.1 Å². The first-order valence-corrected chi connectivity index (χ1v) is 6.91. The summed E-state index contributed by atoms with van der Waals surface area (Å²) in [7, 11) is 0. The number of nitrogens with one attached hydrogen (secondary N) is 2. The number of rotatable bonds is 5. The molecule has 0 fully saturated rings. The van der Waals surface area contributed by atoms with Crippen molar-refractivity contribution in [2.24, 2.45) is 0 Å². The minimum absolute atomic E-state index is 0.0978. The van der Waals surface area contributed by atoms with Crippen LogP contribution in [0.25, 0.3) is 0 Å². The third-order valence-electron chi connectivity index (χ3n) is 3.19. The van der Waals surface area contributed by atoms with Gasteiger partial charge in [0.25, 0.3) is 0 Å². The van der Waals surface area contributed by atoms with Crippen molar-refractivity contribution in [2.45, 2.75) is 20.3 Å². The Kier molecular flexibility index (Phi) is 4.93. The Labute approximate surface area is 124 Å². The highest BCUT2D eigenvalue weighted by Crippen LogP contribution is 2.16. The number of aryl methyl sites for hydroxylation is 2. The third-order valence-corrected chi connectivity index (χ3v) is 3.19. The Morgan fingerprint density at radius 2 is 1.81 bits per heavy atom. The van der Waals surface area contributed by atoms with Crippen LogP contribution in [0, 0.1) is 19.7 Å². The van der Waals surface area contributed by atoms with Gasteiger partial charge >= 0.3 is 0 Å². The largest absolute Gasteiger partial charge is 0.384 e. The molecule has 4 heteroatoms. The molecule has 0 aromatic heterocycles. The van der Waals surface area contributed by atoms with Crippen LogP contribution in [0.5, 0.6) is 0 Å². The van der Waals surface area contributed by atoms with Crippen LogP contribution < -0.4 is 10.6 Å². The predicted molar refractivity (Wildman–Crippen MR) is 84.1 cm³/mol. The molecule has 0 atom stereocenters. The summed E-state index contributed by atoms with van der Waals surface area (Å²) in [6.45, 7) is 4.61. The molecule has 0 aliphatic rings. The third kappa shape index (κ3) is 4.60. The highest BCUT2D eigenvalue weighted by Gasteiger charge is 2.03. The van der Waals surface area contributed by atoms with E-state index in [1.807, 2.05) is 13.8 Å². The molecule has 3 nitrogen and oxygen atoms in total. The number of anilines is 2. The average Bonchev–Trinajstić information content (AvgIpc) is 2.45. The summed E-state index contributed by atoms with van der Waals surface area (Å²) in [5.74, 6) is -0.413. The summed E-state index contributed by atoms with van der Waals surface area (Å²) >= 11 is 0. The quantitative estimate of drug-likeness (QED) is 0.875. The number of amides is 1. The monoisotopic (exact) mass is 286 g/mol. The van der Waals surface area contributed by atoms with Crippen molar-refractivity contribution in [1.82, 2.24) is 0 Å². The summed E-state index contributed by atoms with van der Waals surface area (Å²) in [5, 5.41) is 5.99.